The maximum absolute atomic E-state index is 10.2. The van der Waals surface area contributed by atoms with E-state index in [2.05, 4.69) is 4.98 Å². The summed E-state index contributed by atoms with van der Waals surface area (Å²) in [6.45, 7) is 1.72. The first-order valence-corrected chi connectivity index (χ1v) is 2.72. The Kier molecular flexibility index (Phi) is 1.71. The fourth-order valence-electron chi connectivity index (χ4n) is 0.518. The van der Waals surface area contributed by atoms with Gasteiger partial charge in [-0.1, -0.05) is 6.92 Å². The van der Waals surface area contributed by atoms with Gasteiger partial charge in [0.05, 0.1) is 0 Å². The van der Waals surface area contributed by atoms with Crippen LogP contribution in [0.3, 0.4) is 0 Å². The topological polar surface area (TPSA) is 63.3 Å². The number of carbonyl (C=O) groups is 1. The molecule has 0 spiro atoms. The number of hydrogen-bond acceptors (Lipinski definition) is 3. The van der Waals surface area contributed by atoms with Gasteiger partial charge >= 0.3 is 5.97 Å². The van der Waals surface area contributed by atoms with Crippen LogP contribution in [0.25, 0.3) is 0 Å². The van der Waals surface area contributed by atoms with Crippen molar-refractivity contribution in [3.05, 3.63) is 24.3 Å². The number of oxazole rings is 1. The third-order valence-corrected chi connectivity index (χ3v) is 0.988. The predicted octanol–water partition coefficient (Wildman–Crippen LogP) is 0.945. The zero-order chi connectivity index (χ0) is 7.56. The first-order valence-electron chi connectivity index (χ1n) is 2.72. The smallest absolute Gasteiger partial charge is 0.357 e. The number of nitrogens with zero attached hydrogens (tertiary/aromatic N) is 1. The highest BCUT2D eigenvalue weighted by Crippen LogP contribution is 2.02. The quantitative estimate of drug-likeness (QED) is 0.664. The van der Waals surface area contributed by atoms with Crippen molar-refractivity contribution in [1.29, 1.82) is 0 Å². The van der Waals surface area contributed by atoms with Gasteiger partial charge in [0.1, 0.15) is 6.26 Å². The van der Waals surface area contributed by atoms with Crippen LogP contribution in [-0.4, -0.2) is 16.1 Å². The molecule has 53 valence electrons. The molecule has 0 aromatic carbocycles. The van der Waals surface area contributed by atoms with Gasteiger partial charge in [-0.25, -0.2) is 9.78 Å². The van der Waals surface area contributed by atoms with Crippen molar-refractivity contribution in [2.75, 3.05) is 0 Å². The van der Waals surface area contributed by atoms with E-state index in [0.717, 1.165) is 6.26 Å². The highest BCUT2D eigenvalue weighted by atomic mass is 16.4. The summed E-state index contributed by atoms with van der Waals surface area (Å²) in [7, 11) is 0. The molecular weight excluding hydrogens is 134 g/mol. The largest absolute Gasteiger partial charge is 0.476 e. The minimum absolute atomic E-state index is 0.0619. The minimum Gasteiger partial charge on any atom is -0.476 e. The van der Waals surface area contributed by atoms with Gasteiger partial charge in [-0.2, -0.15) is 0 Å². The van der Waals surface area contributed by atoms with Crippen molar-refractivity contribution in [3.8, 4) is 0 Å². The third kappa shape index (κ3) is 1.15. The number of hydrogen-bond donors (Lipinski definition) is 1. The second kappa shape index (κ2) is 2.51. The van der Waals surface area contributed by atoms with E-state index in [4.69, 9.17) is 9.52 Å². The Balaban J connectivity index is 2.88. The summed E-state index contributed by atoms with van der Waals surface area (Å²) in [5.41, 5.74) is -0.0619. The second-order valence-electron chi connectivity index (χ2n) is 1.66. The number of rotatable bonds is 2. The van der Waals surface area contributed by atoms with Crippen LogP contribution in [0.1, 0.15) is 23.3 Å². The van der Waals surface area contributed by atoms with Crippen molar-refractivity contribution in [1.82, 2.24) is 4.98 Å². The van der Waals surface area contributed by atoms with Gasteiger partial charge in [-0.15, -0.1) is 0 Å². The van der Waals surface area contributed by atoms with E-state index in [0.29, 0.717) is 5.89 Å². The Labute approximate surface area is 57.5 Å². The molecule has 1 radical (unpaired) electrons. The van der Waals surface area contributed by atoms with E-state index in [9.17, 15) is 4.79 Å². The molecular formula is C6H6NO3. The Bertz CT molecular complexity index is 241. The van der Waals surface area contributed by atoms with E-state index in [1.807, 2.05) is 0 Å². The summed E-state index contributed by atoms with van der Waals surface area (Å²) in [5.74, 6) is -0.741. The number of carboxylic acids is 1. The molecule has 0 saturated heterocycles. The van der Waals surface area contributed by atoms with Crippen LogP contribution in [-0.2, 0) is 0 Å². The van der Waals surface area contributed by atoms with Gasteiger partial charge in [0.2, 0.25) is 0 Å². The molecule has 10 heavy (non-hydrogen) atoms. The molecule has 0 aliphatic carbocycles. The average molecular weight is 140 g/mol. The molecule has 0 aliphatic heterocycles. The van der Waals surface area contributed by atoms with E-state index in [1.54, 1.807) is 13.3 Å². The number of aromatic nitrogens is 1. The SMILES string of the molecule is C[CH]c1nc(C(=O)O)co1. The zero-order valence-corrected chi connectivity index (χ0v) is 5.37. The van der Waals surface area contributed by atoms with Gasteiger partial charge in [-0.3, -0.25) is 0 Å². The molecule has 0 fully saturated rings. The molecule has 0 bridgehead atoms. The van der Waals surface area contributed by atoms with Gasteiger partial charge < -0.3 is 9.52 Å². The summed E-state index contributed by atoms with van der Waals surface area (Å²) < 4.78 is 4.73. The Hall–Kier alpha value is -1.32. The first kappa shape index (κ1) is 6.80. The maximum atomic E-state index is 10.2. The highest BCUT2D eigenvalue weighted by Gasteiger charge is 2.07. The highest BCUT2D eigenvalue weighted by molar-refractivity contribution is 5.84. The average Bonchev–Trinajstić information content (AvgIpc) is 2.34. The molecule has 0 amide bonds. The lowest BCUT2D eigenvalue weighted by molar-refractivity contribution is 0.0690. The maximum Gasteiger partial charge on any atom is 0.357 e. The van der Waals surface area contributed by atoms with Crippen molar-refractivity contribution in [2.24, 2.45) is 0 Å². The summed E-state index contributed by atoms with van der Waals surface area (Å²) in [6, 6.07) is 0. The van der Waals surface area contributed by atoms with Crippen molar-refractivity contribution in [2.45, 2.75) is 6.92 Å². The second-order valence-corrected chi connectivity index (χ2v) is 1.66. The summed E-state index contributed by atoms with van der Waals surface area (Å²) in [4.78, 5) is 13.8. The van der Waals surface area contributed by atoms with E-state index in [1.165, 1.54) is 0 Å². The predicted molar refractivity (Wildman–Crippen MR) is 32.5 cm³/mol. The van der Waals surface area contributed by atoms with E-state index in [-0.39, 0.29) is 5.69 Å². The van der Waals surface area contributed by atoms with Crippen LogP contribution >= 0.6 is 0 Å². The molecule has 1 heterocycles. The number of carboxylic acid groups (broad SMARTS) is 1. The van der Waals surface area contributed by atoms with Crippen LogP contribution in [0.2, 0.25) is 0 Å². The van der Waals surface area contributed by atoms with Crippen molar-refractivity contribution < 1.29 is 14.3 Å². The van der Waals surface area contributed by atoms with Crippen LogP contribution in [0.15, 0.2) is 10.7 Å². The van der Waals surface area contributed by atoms with E-state index < -0.39 is 5.97 Å². The third-order valence-electron chi connectivity index (χ3n) is 0.988. The van der Waals surface area contributed by atoms with Crippen molar-refractivity contribution in [3.63, 3.8) is 0 Å². The molecule has 1 rings (SSSR count). The normalized spacial score (nSPS) is 9.70. The standard InChI is InChI=1S/C6H6NO3/c1-2-5-7-4(3-10-5)6(8)9/h2-3H,1H3,(H,8,9). The lowest BCUT2D eigenvalue weighted by atomic mass is 10.5. The monoisotopic (exact) mass is 140 g/mol. The zero-order valence-electron chi connectivity index (χ0n) is 5.37. The Morgan fingerprint density at radius 1 is 1.90 bits per heavy atom. The fraction of sp³-hybridized carbons (Fsp3) is 0.167. The van der Waals surface area contributed by atoms with Crippen LogP contribution in [0, 0.1) is 6.42 Å². The summed E-state index contributed by atoms with van der Waals surface area (Å²) >= 11 is 0. The first-order chi connectivity index (χ1) is 4.74. The lowest BCUT2D eigenvalue weighted by Gasteiger charge is -1.79. The molecule has 1 N–H and O–H groups in total. The van der Waals surface area contributed by atoms with Gasteiger partial charge in [0.25, 0.3) is 0 Å². The summed E-state index contributed by atoms with van der Waals surface area (Å²) in [6.07, 6.45) is 2.70. The van der Waals surface area contributed by atoms with Crippen LogP contribution in [0.5, 0.6) is 0 Å². The molecule has 4 nitrogen and oxygen atoms in total. The molecule has 0 unspecified atom stereocenters. The fourth-order valence-corrected chi connectivity index (χ4v) is 0.518. The van der Waals surface area contributed by atoms with Crippen molar-refractivity contribution >= 4 is 5.97 Å². The van der Waals surface area contributed by atoms with Gasteiger partial charge in [-0.05, 0) is 0 Å². The van der Waals surface area contributed by atoms with Gasteiger partial charge in [0, 0.05) is 6.42 Å². The molecule has 0 saturated carbocycles. The van der Waals surface area contributed by atoms with Crippen LogP contribution in [0.4, 0.5) is 0 Å². The molecule has 1 aromatic rings. The molecule has 4 heteroatoms. The number of aromatic carboxylic acids is 1. The van der Waals surface area contributed by atoms with E-state index >= 15 is 0 Å². The minimum atomic E-state index is -1.07. The lowest BCUT2D eigenvalue weighted by Crippen LogP contribution is -1.95. The molecule has 1 aromatic heterocycles. The molecule has 0 aliphatic rings. The Morgan fingerprint density at radius 3 is 2.90 bits per heavy atom. The molecule has 0 atom stereocenters. The van der Waals surface area contributed by atoms with Crippen LogP contribution < -0.4 is 0 Å². The summed E-state index contributed by atoms with van der Waals surface area (Å²) in [5, 5.41) is 8.36. The Morgan fingerprint density at radius 2 is 2.60 bits per heavy atom. The van der Waals surface area contributed by atoms with Gasteiger partial charge in [0.15, 0.2) is 11.6 Å².